The molecule has 1 heterocycles. The average Bonchev–Trinajstić information content (AvgIpc) is 2.49. The second-order valence-corrected chi connectivity index (χ2v) is 5.39. The molecule has 0 spiro atoms. The molecule has 2 atom stereocenters. The summed E-state index contributed by atoms with van der Waals surface area (Å²) < 4.78 is 0. The molecule has 0 saturated carbocycles. The van der Waals surface area contributed by atoms with Gasteiger partial charge in [0.05, 0.1) is 0 Å². The van der Waals surface area contributed by atoms with E-state index < -0.39 is 0 Å². The molecule has 2 aromatic rings. The number of fused-ring (bicyclic) bond motifs is 1. The smallest absolute Gasteiger partial charge is 0.0479 e. The summed E-state index contributed by atoms with van der Waals surface area (Å²) in [4.78, 5) is 0. The number of rotatable bonds is 3. The summed E-state index contributed by atoms with van der Waals surface area (Å²) in [6, 6.07) is 16.2. The molecular weight excluding hydrogens is 232 g/mol. The molecule has 1 fully saturated rings. The topological polar surface area (TPSA) is 24.1 Å². The van der Waals surface area contributed by atoms with Crippen LogP contribution in [0, 0.1) is 0 Å². The summed E-state index contributed by atoms with van der Waals surface area (Å²) in [6.07, 6.45) is 3.90. The van der Waals surface area contributed by atoms with Gasteiger partial charge in [-0.2, -0.15) is 0 Å². The van der Waals surface area contributed by atoms with Crippen LogP contribution in [-0.4, -0.2) is 19.6 Å². The van der Waals surface area contributed by atoms with Crippen molar-refractivity contribution in [3.05, 3.63) is 48.0 Å². The molecule has 0 amide bonds. The molecule has 1 aliphatic rings. The first-order valence-electron chi connectivity index (χ1n) is 7.28. The van der Waals surface area contributed by atoms with Crippen molar-refractivity contribution < 1.29 is 0 Å². The lowest BCUT2D eigenvalue weighted by molar-refractivity contribution is 0.327. The Morgan fingerprint density at radius 3 is 2.74 bits per heavy atom. The maximum Gasteiger partial charge on any atom is 0.0479 e. The lowest BCUT2D eigenvalue weighted by Gasteiger charge is -2.32. The van der Waals surface area contributed by atoms with E-state index in [-0.39, 0.29) is 0 Å². The van der Waals surface area contributed by atoms with Crippen LogP contribution in [0.5, 0.6) is 0 Å². The minimum Gasteiger partial charge on any atom is -0.312 e. The molecule has 3 rings (SSSR count). The monoisotopic (exact) mass is 254 g/mol. The molecule has 2 nitrogen and oxygen atoms in total. The van der Waals surface area contributed by atoms with E-state index in [0.717, 1.165) is 6.54 Å². The first kappa shape index (κ1) is 12.6. The largest absolute Gasteiger partial charge is 0.312 e. The van der Waals surface area contributed by atoms with Crippen molar-refractivity contribution in [1.82, 2.24) is 10.6 Å². The molecule has 100 valence electrons. The molecule has 2 unspecified atom stereocenters. The Bertz CT molecular complexity index is 538. The van der Waals surface area contributed by atoms with Gasteiger partial charge in [-0.1, -0.05) is 48.9 Å². The normalized spacial score (nSPS) is 21.4. The Labute approximate surface area is 115 Å². The van der Waals surface area contributed by atoms with E-state index in [4.69, 9.17) is 0 Å². The Kier molecular flexibility index (Phi) is 3.81. The highest BCUT2D eigenvalue weighted by Crippen LogP contribution is 2.28. The van der Waals surface area contributed by atoms with Crippen LogP contribution in [0.4, 0.5) is 0 Å². The molecule has 2 N–H and O–H groups in total. The lowest BCUT2D eigenvalue weighted by atomic mass is 9.90. The highest BCUT2D eigenvalue weighted by Gasteiger charge is 2.24. The minimum absolute atomic E-state index is 0.395. The third kappa shape index (κ3) is 2.51. The molecule has 1 saturated heterocycles. The van der Waals surface area contributed by atoms with Gasteiger partial charge in [-0.15, -0.1) is 0 Å². The third-order valence-corrected chi connectivity index (χ3v) is 4.22. The van der Waals surface area contributed by atoms with Crippen molar-refractivity contribution in [3.8, 4) is 0 Å². The summed E-state index contributed by atoms with van der Waals surface area (Å²) in [7, 11) is 2.07. The lowest BCUT2D eigenvalue weighted by Crippen LogP contribution is -2.43. The van der Waals surface area contributed by atoms with Crippen LogP contribution in [0.15, 0.2) is 42.5 Å². The van der Waals surface area contributed by atoms with Gasteiger partial charge in [-0.05, 0) is 42.8 Å². The molecule has 1 aliphatic heterocycles. The van der Waals surface area contributed by atoms with E-state index in [0.29, 0.717) is 12.1 Å². The van der Waals surface area contributed by atoms with Gasteiger partial charge in [0.2, 0.25) is 0 Å². The fourth-order valence-corrected chi connectivity index (χ4v) is 3.26. The first-order valence-corrected chi connectivity index (χ1v) is 7.28. The van der Waals surface area contributed by atoms with Crippen molar-refractivity contribution in [2.45, 2.75) is 31.3 Å². The zero-order chi connectivity index (χ0) is 13.1. The molecule has 0 aromatic heterocycles. The van der Waals surface area contributed by atoms with E-state index in [1.165, 1.54) is 35.6 Å². The zero-order valence-corrected chi connectivity index (χ0v) is 11.5. The molecule has 0 radical (unpaired) electrons. The number of piperidine rings is 1. The van der Waals surface area contributed by atoms with Crippen molar-refractivity contribution in [2.24, 2.45) is 0 Å². The highest BCUT2D eigenvalue weighted by atomic mass is 15.0. The molecule has 2 heteroatoms. The van der Waals surface area contributed by atoms with E-state index in [1.54, 1.807) is 0 Å². The molecule has 0 aliphatic carbocycles. The average molecular weight is 254 g/mol. The zero-order valence-electron chi connectivity index (χ0n) is 11.5. The fourth-order valence-electron chi connectivity index (χ4n) is 3.26. The van der Waals surface area contributed by atoms with Crippen LogP contribution in [-0.2, 0) is 0 Å². The van der Waals surface area contributed by atoms with Gasteiger partial charge in [0.1, 0.15) is 0 Å². The number of hydrogen-bond acceptors (Lipinski definition) is 2. The van der Waals surface area contributed by atoms with Gasteiger partial charge < -0.3 is 10.6 Å². The van der Waals surface area contributed by atoms with Gasteiger partial charge in [0.25, 0.3) is 0 Å². The van der Waals surface area contributed by atoms with Crippen molar-refractivity contribution in [3.63, 3.8) is 0 Å². The Hall–Kier alpha value is -1.38. The Morgan fingerprint density at radius 1 is 1.11 bits per heavy atom. The Balaban J connectivity index is 2.00. The summed E-state index contributed by atoms with van der Waals surface area (Å²) in [6.45, 7) is 1.15. The van der Waals surface area contributed by atoms with E-state index in [2.05, 4.69) is 60.1 Å². The highest BCUT2D eigenvalue weighted by molar-refractivity contribution is 5.86. The van der Waals surface area contributed by atoms with Crippen LogP contribution in [0.2, 0.25) is 0 Å². The van der Waals surface area contributed by atoms with Crippen LogP contribution >= 0.6 is 0 Å². The van der Waals surface area contributed by atoms with Crippen LogP contribution in [0.25, 0.3) is 10.8 Å². The van der Waals surface area contributed by atoms with Crippen molar-refractivity contribution in [2.75, 3.05) is 13.6 Å². The second kappa shape index (κ2) is 5.72. The molecular formula is C17H22N2. The standard InChI is InChI=1S/C17H22N2/c1-18-17(16-11-4-5-12-19-16)15-10-6-8-13-7-2-3-9-14(13)15/h2-3,6-10,16-19H,4-5,11-12H2,1H3. The SMILES string of the molecule is CNC(c1cccc2ccccc12)C1CCCCN1. The molecule has 19 heavy (non-hydrogen) atoms. The number of benzene rings is 2. The van der Waals surface area contributed by atoms with E-state index >= 15 is 0 Å². The van der Waals surface area contributed by atoms with E-state index in [9.17, 15) is 0 Å². The summed E-state index contributed by atoms with van der Waals surface area (Å²) in [5.74, 6) is 0. The minimum atomic E-state index is 0.395. The van der Waals surface area contributed by atoms with Gasteiger partial charge in [0.15, 0.2) is 0 Å². The number of likely N-dealkylation sites (N-methyl/N-ethyl adjacent to an activating group) is 1. The predicted molar refractivity (Wildman–Crippen MR) is 81.4 cm³/mol. The van der Waals surface area contributed by atoms with E-state index in [1.807, 2.05) is 0 Å². The van der Waals surface area contributed by atoms with Gasteiger partial charge in [-0.25, -0.2) is 0 Å². The molecule has 2 aromatic carbocycles. The summed E-state index contributed by atoms with van der Waals surface area (Å²) in [5.41, 5.74) is 1.42. The summed E-state index contributed by atoms with van der Waals surface area (Å²) >= 11 is 0. The fraction of sp³-hybridized carbons (Fsp3) is 0.412. The third-order valence-electron chi connectivity index (χ3n) is 4.22. The Morgan fingerprint density at radius 2 is 1.95 bits per heavy atom. The van der Waals surface area contributed by atoms with Crippen LogP contribution in [0.1, 0.15) is 30.9 Å². The predicted octanol–water partition coefficient (Wildman–Crippen LogP) is 3.24. The van der Waals surface area contributed by atoms with Gasteiger partial charge >= 0.3 is 0 Å². The second-order valence-electron chi connectivity index (χ2n) is 5.39. The van der Waals surface area contributed by atoms with Crippen LogP contribution < -0.4 is 10.6 Å². The van der Waals surface area contributed by atoms with Crippen LogP contribution in [0.3, 0.4) is 0 Å². The number of hydrogen-bond donors (Lipinski definition) is 2. The number of nitrogens with one attached hydrogen (secondary N) is 2. The van der Waals surface area contributed by atoms with Crippen molar-refractivity contribution >= 4 is 10.8 Å². The maximum atomic E-state index is 3.67. The van der Waals surface area contributed by atoms with Gasteiger partial charge in [-0.3, -0.25) is 0 Å². The maximum absolute atomic E-state index is 3.67. The quantitative estimate of drug-likeness (QED) is 0.878. The van der Waals surface area contributed by atoms with Gasteiger partial charge in [0, 0.05) is 12.1 Å². The molecule has 0 bridgehead atoms. The summed E-state index contributed by atoms with van der Waals surface area (Å²) in [5, 5.41) is 9.89. The first-order chi connectivity index (χ1) is 9.40. The van der Waals surface area contributed by atoms with Crippen molar-refractivity contribution in [1.29, 1.82) is 0 Å².